The van der Waals surface area contributed by atoms with Gasteiger partial charge in [-0.15, -0.1) is 11.6 Å². The number of alkyl halides is 1. The Kier molecular flexibility index (Phi) is 3.51. The van der Waals surface area contributed by atoms with E-state index in [-0.39, 0.29) is 10.4 Å². The molecule has 1 aromatic rings. The van der Waals surface area contributed by atoms with Crippen molar-refractivity contribution in [1.29, 1.82) is 0 Å². The Morgan fingerprint density at radius 3 is 2.38 bits per heavy atom. The van der Waals surface area contributed by atoms with E-state index >= 15 is 0 Å². The third kappa shape index (κ3) is 2.32. The van der Waals surface area contributed by atoms with Gasteiger partial charge < -0.3 is 0 Å². The molecule has 72 valence electrons. The number of hydrogen-bond donors (Lipinski definition) is 0. The molecule has 0 fully saturated rings. The second-order valence-electron chi connectivity index (χ2n) is 2.66. The van der Waals surface area contributed by atoms with Crippen LogP contribution in [-0.4, -0.2) is 0 Å². The summed E-state index contributed by atoms with van der Waals surface area (Å²) >= 11 is 11.5. The van der Waals surface area contributed by atoms with Gasteiger partial charge in [0.05, 0.1) is 5.38 Å². The molecule has 0 N–H and O–H groups in total. The van der Waals surface area contributed by atoms with Gasteiger partial charge in [-0.05, 0) is 24.1 Å². The molecule has 1 aromatic carbocycles. The van der Waals surface area contributed by atoms with Crippen LogP contribution in [0.15, 0.2) is 12.1 Å². The molecular formula is C9H8Cl2F2. The van der Waals surface area contributed by atoms with Crippen molar-refractivity contribution in [1.82, 2.24) is 0 Å². The van der Waals surface area contributed by atoms with E-state index < -0.39 is 11.6 Å². The minimum absolute atomic E-state index is 0.167. The largest absolute Gasteiger partial charge is 0.204 e. The molecule has 0 saturated heterocycles. The van der Waals surface area contributed by atoms with Crippen LogP contribution in [-0.2, 0) is 0 Å². The van der Waals surface area contributed by atoms with Crippen molar-refractivity contribution in [2.75, 3.05) is 0 Å². The predicted molar refractivity (Wildman–Crippen MR) is 50.3 cm³/mol. The molecular weight excluding hydrogens is 217 g/mol. The fourth-order valence-corrected chi connectivity index (χ4v) is 1.52. The SMILES string of the molecule is CCC(Cl)c1cc(F)c(F)cc1Cl. The van der Waals surface area contributed by atoms with Gasteiger partial charge in [-0.3, -0.25) is 0 Å². The van der Waals surface area contributed by atoms with Gasteiger partial charge in [-0.25, -0.2) is 8.78 Å². The molecule has 0 nitrogen and oxygen atoms in total. The Morgan fingerprint density at radius 2 is 1.85 bits per heavy atom. The molecule has 0 bridgehead atoms. The normalized spacial score (nSPS) is 13.0. The molecule has 0 amide bonds. The average Bonchev–Trinajstić information content (AvgIpc) is 2.10. The van der Waals surface area contributed by atoms with Gasteiger partial charge in [0.15, 0.2) is 11.6 Å². The van der Waals surface area contributed by atoms with Crippen LogP contribution in [0.4, 0.5) is 8.78 Å². The lowest BCUT2D eigenvalue weighted by Crippen LogP contribution is -1.94. The van der Waals surface area contributed by atoms with E-state index in [2.05, 4.69) is 0 Å². The fraction of sp³-hybridized carbons (Fsp3) is 0.333. The molecule has 0 aliphatic rings. The van der Waals surface area contributed by atoms with E-state index in [1.165, 1.54) is 0 Å². The van der Waals surface area contributed by atoms with Crippen LogP contribution < -0.4 is 0 Å². The van der Waals surface area contributed by atoms with Crippen LogP contribution in [0.5, 0.6) is 0 Å². The predicted octanol–water partition coefficient (Wildman–Crippen LogP) is 4.31. The van der Waals surface area contributed by atoms with Gasteiger partial charge in [0, 0.05) is 5.02 Å². The lowest BCUT2D eigenvalue weighted by molar-refractivity contribution is 0.507. The van der Waals surface area contributed by atoms with E-state index in [1.807, 2.05) is 6.92 Å². The van der Waals surface area contributed by atoms with Crippen molar-refractivity contribution < 1.29 is 8.78 Å². The van der Waals surface area contributed by atoms with Crippen LogP contribution in [0.25, 0.3) is 0 Å². The highest BCUT2D eigenvalue weighted by molar-refractivity contribution is 6.32. The van der Waals surface area contributed by atoms with Crippen LogP contribution >= 0.6 is 23.2 Å². The first-order chi connectivity index (χ1) is 6.06. The molecule has 0 aliphatic heterocycles. The molecule has 0 radical (unpaired) electrons. The summed E-state index contributed by atoms with van der Waals surface area (Å²) in [5.74, 6) is -1.87. The summed E-state index contributed by atoms with van der Waals surface area (Å²) in [6, 6.07) is 1.98. The summed E-state index contributed by atoms with van der Waals surface area (Å²) in [6.45, 7) is 1.84. The summed E-state index contributed by atoms with van der Waals surface area (Å²) < 4.78 is 25.4. The fourth-order valence-electron chi connectivity index (χ4n) is 0.998. The molecule has 0 heterocycles. The first-order valence-electron chi connectivity index (χ1n) is 3.84. The minimum Gasteiger partial charge on any atom is -0.204 e. The highest BCUT2D eigenvalue weighted by Gasteiger charge is 2.13. The first-order valence-corrected chi connectivity index (χ1v) is 4.66. The molecule has 0 saturated carbocycles. The number of rotatable bonds is 2. The monoisotopic (exact) mass is 224 g/mol. The standard InChI is InChI=1S/C9H8Cl2F2/c1-2-6(10)5-3-8(12)9(13)4-7(5)11/h3-4,6H,2H2,1H3. The summed E-state index contributed by atoms with van der Waals surface area (Å²) in [6.07, 6.45) is 0.617. The van der Waals surface area contributed by atoms with Crippen LogP contribution in [0.3, 0.4) is 0 Å². The number of halogens is 4. The Balaban J connectivity index is 3.15. The molecule has 1 unspecified atom stereocenters. The van der Waals surface area contributed by atoms with Crippen molar-refractivity contribution in [2.24, 2.45) is 0 Å². The van der Waals surface area contributed by atoms with Crippen molar-refractivity contribution in [3.8, 4) is 0 Å². The average molecular weight is 225 g/mol. The molecule has 4 heteroatoms. The highest BCUT2D eigenvalue weighted by atomic mass is 35.5. The van der Waals surface area contributed by atoms with Crippen LogP contribution in [0.2, 0.25) is 5.02 Å². The third-order valence-corrected chi connectivity index (χ3v) is 2.61. The molecule has 13 heavy (non-hydrogen) atoms. The lowest BCUT2D eigenvalue weighted by atomic mass is 10.1. The Labute approximate surface area is 85.5 Å². The molecule has 0 aromatic heterocycles. The summed E-state index contributed by atoms with van der Waals surface area (Å²) in [7, 11) is 0. The topological polar surface area (TPSA) is 0 Å². The van der Waals surface area contributed by atoms with E-state index in [9.17, 15) is 8.78 Å². The Morgan fingerprint density at radius 1 is 1.31 bits per heavy atom. The Hall–Kier alpha value is -0.340. The van der Waals surface area contributed by atoms with Gasteiger partial charge in [-0.1, -0.05) is 18.5 Å². The van der Waals surface area contributed by atoms with Gasteiger partial charge in [-0.2, -0.15) is 0 Å². The molecule has 0 spiro atoms. The van der Waals surface area contributed by atoms with Crippen molar-refractivity contribution in [3.63, 3.8) is 0 Å². The Bertz CT molecular complexity index is 313. The zero-order valence-corrected chi connectivity index (χ0v) is 8.46. The highest BCUT2D eigenvalue weighted by Crippen LogP contribution is 2.31. The van der Waals surface area contributed by atoms with Crippen molar-refractivity contribution in [2.45, 2.75) is 18.7 Å². The first kappa shape index (κ1) is 10.7. The maximum Gasteiger partial charge on any atom is 0.160 e. The molecule has 1 atom stereocenters. The smallest absolute Gasteiger partial charge is 0.160 e. The van der Waals surface area contributed by atoms with Crippen LogP contribution in [0.1, 0.15) is 24.3 Å². The summed E-state index contributed by atoms with van der Waals surface area (Å²) in [5.41, 5.74) is 0.435. The molecule has 0 aliphatic carbocycles. The maximum absolute atomic E-state index is 12.8. The van der Waals surface area contributed by atoms with Gasteiger partial charge in [0.2, 0.25) is 0 Å². The second kappa shape index (κ2) is 4.25. The van der Waals surface area contributed by atoms with Crippen molar-refractivity contribution in [3.05, 3.63) is 34.4 Å². The van der Waals surface area contributed by atoms with E-state index in [4.69, 9.17) is 23.2 Å². The summed E-state index contributed by atoms with van der Waals surface area (Å²) in [4.78, 5) is 0. The van der Waals surface area contributed by atoms with E-state index in [1.54, 1.807) is 0 Å². The van der Waals surface area contributed by atoms with Gasteiger partial charge in [0.25, 0.3) is 0 Å². The lowest BCUT2D eigenvalue weighted by Gasteiger charge is -2.09. The second-order valence-corrected chi connectivity index (χ2v) is 3.60. The van der Waals surface area contributed by atoms with Gasteiger partial charge in [0.1, 0.15) is 0 Å². The zero-order chi connectivity index (χ0) is 10.0. The van der Waals surface area contributed by atoms with E-state index in [0.29, 0.717) is 12.0 Å². The van der Waals surface area contributed by atoms with Gasteiger partial charge >= 0.3 is 0 Å². The summed E-state index contributed by atoms with van der Waals surface area (Å²) in [5, 5.41) is -0.205. The number of benzene rings is 1. The molecule has 1 rings (SSSR count). The third-order valence-electron chi connectivity index (χ3n) is 1.74. The van der Waals surface area contributed by atoms with Crippen LogP contribution in [0, 0.1) is 11.6 Å². The maximum atomic E-state index is 12.8. The van der Waals surface area contributed by atoms with E-state index in [0.717, 1.165) is 12.1 Å². The number of hydrogen-bond acceptors (Lipinski definition) is 0. The zero-order valence-electron chi connectivity index (χ0n) is 6.95. The quantitative estimate of drug-likeness (QED) is 0.519. The minimum atomic E-state index is -0.950. The van der Waals surface area contributed by atoms with Crippen molar-refractivity contribution >= 4 is 23.2 Å².